The first kappa shape index (κ1) is 16.8. The van der Waals surface area contributed by atoms with Gasteiger partial charge in [0.2, 0.25) is 0 Å². The van der Waals surface area contributed by atoms with Gasteiger partial charge in [0.25, 0.3) is 0 Å². The smallest absolute Gasteiger partial charge is 0.363 e. The summed E-state index contributed by atoms with van der Waals surface area (Å²) in [4.78, 5) is 16.3. The third-order valence-corrected chi connectivity index (χ3v) is 3.85. The summed E-state index contributed by atoms with van der Waals surface area (Å²) in [7, 11) is 3.24. The van der Waals surface area contributed by atoms with E-state index in [2.05, 4.69) is 4.99 Å². The molecule has 5 heteroatoms. The van der Waals surface area contributed by atoms with Crippen molar-refractivity contribution in [3.8, 4) is 11.5 Å². The summed E-state index contributed by atoms with van der Waals surface area (Å²) < 4.78 is 15.6. The third kappa shape index (κ3) is 4.26. The van der Waals surface area contributed by atoms with Crippen LogP contribution < -0.4 is 9.47 Å². The maximum atomic E-state index is 12.0. The van der Waals surface area contributed by atoms with Gasteiger partial charge in [-0.2, -0.15) is 0 Å². The Morgan fingerprint density at radius 1 is 1.00 bits per heavy atom. The Labute approximate surface area is 146 Å². The van der Waals surface area contributed by atoms with Crippen LogP contribution in [0.3, 0.4) is 0 Å². The van der Waals surface area contributed by atoms with Crippen LogP contribution in [0.2, 0.25) is 0 Å². The van der Waals surface area contributed by atoms with Crippen LogP contribution in [0.15, 0.2) is 59.2 Å². The van der Waals surface area contributed by atoms with Crippen molar-refractivity contribution in [2.45, 2.75) is 12.8 Å². The van der Waals surface area contributed by atoms with E-state index in [1.54, 1.807) is 20.3 Å². The van der Waals surface area contributed by atoms with Gasteiger partial charge in [0, 0.05) is 6.42 Å². The Balaban J connectivity index is 1.67. The lowest BCUT2D eigenvalue weighted by molar-refractivity contribution is -0.130. The highest BCUT2D eigenvalue weighted by atomic mass is 16.6. The minimum atomic E-state index is -0.424. The number of hydrogen-bond donors (Lipinski definition) is 0. The summed E-state index contributed by atoms with van der Waals surface area (Å²) in [6, 6.07) is 15.2. The molecule has 2 aromatic rings. The second kappa shape index (κ2) is 7.66. The van der Waals surface area contributed by atoms with Gasteiger partial charge in [-0.05, 0) is 47.9 Å². The molecule has 0 saturated heterocycles. The fraction of sp³-hybridized carbons (Fsp3) is 0.200. The van der Waals surface area contributed by atoms with E-state index in [0.717, 1.165) is 29.0 Å². The van der Waals surface area contributed by atoms with Crippen molar-refractivity contribution >= 4 is 17.9 Å². The van der Waals surface area contributed by atoms with E-state index >= 15 is 0 Å². The largest absolute Gasteiger partial charge is 0.497 e. The maximum absolute atomic E-state index is 12.0. The zero-order chi connectivity index (χ0) is 17.6. The van der Waals surface area contributed by atoms with Crippen molar-refractivity contribution in [3.05, 3.63) is 65.4 Å². The van der Waals surface area contributed by atoms with Crippen LogP contribution in [0.4, 0.5) is 0 Å². The van der Waals surface area contributed by atoms with E-state index in [-0.39, 0.29) is 0 Å². The lowest BCUT2D eigenvalue weighted by Crippen LogP contribution is -2.05. The van der Waals surface area contributed by atoms with Gasteiger partial charge in [-0.3, -0.25) is 0 Å². The number of carbonyl (C=O) groups excluding carboxylic acids is 1. The number of benzene rings is 2. The number of methoxy groups -OCH3 is 2. The van der Waals surface area contributed by atoms with E-state index in [4.69, 9.17) is 14.2 Å². The standard InChI is InChI=1S/C20H19NO4/c1-23-16-9-6-14(7-10-16)8-11-19-21-18(20(22)25-19)13-15-4-3-5-17(12-15)24-2/h3-7,9-10,12-13H,8,11H2,1-2H3/b18-13+. The highest BCUT2D eigenvalue weighted by Crippen LogP contribution is 2.21. The molecule has 0 unspecified atom stereocenters. The summed E-state index contributed by atoms with van der Waals surface area (Å²) in [5, 5.41) is 0. The van der Waals surface area contributed by atoms with E-state index in [1.807, 2.05) is 48.5 Å². The second-order valence-electron chi connectivity index (χ2n) is 5.55. The van der Waals surface area contributed by atoms with Crippen molar-refractivity contribution < 1.29 is 19.0 Å². The maximum Gasteiger partial charge on any atom is 0.363 e. The highest BCUT2D eigenvalue weighted by Gasteiger charge is 2.22. The summed E-state index contributed by atoms with van der Waals surface area (Å²) in [5.74, 6) is 1.56. The fourth-order valence-corrected chi connectivity index (χ4v) is 2.49. The number of rotatable bonds is 6. The fourth-order valence-electron chi connectivity index (χ4n) is 2.49. The van der Waals surface area contributed by atoms with Crippen LogP contribution in [-0.2, 0) is 16.0 Å². The number of aliphatic imine (C=N–C) groups is 1. The van der Waals surface area contributed by atoms with Gasteiger partial charge in [-0.1, -0.05) is 24.3 Å². The van der Waals surface area contributed by atoms with E-state index in [0.29, 0.717) is 18.0 Å². The van der Waals surface area contributed by atoms with E-state index in [1.165, 1.54) is 0 Å². The second-order valence-corrected chi connectivity index (χ2v) is 5.55. The molecular weight excluding hydrogens is 318 g/mol. The Morgan fingerprint density at radius 2 is 1.76 bits per heavy atom. The van der Waals surface area contributed by atoms with Crippen molar-refractivity contribution in [2.75, 3.05) is 14.2 Å². The first-order valence-electron chi connectivity index (χ1n) is 7.96. The molecule has 1 aliphatic heterocycles. The minimum absolute atomic E-state index is 0.304. The van der Waals surface area contributed by atoms with E-state index in [9.17, 15) is 4.79 Å². The molecule has 25 heavy (non-hydrogen) atoms. The van der Waals surface area contributed by atoms with Crippen molar-refractivity contribution in [3.63, 3.8) is 0 Å². The number of carbonyl (C=O) groups is 1. The first-order chi connectivity index (χ1) is 12.2. The number of aryl methyl sites for hydroxylation is 1. The van der Waals surface area contributed by atoms with Gasteiger partial charge in [0.05, 0.1) is 14.2 Å². The number of hydrogen-bond acceptors (Lipinski definition) is 5. The molecule has 0 amide bonds. The van der Waals surface area contributed by atoms with Gasteiger partial charge in [0.1, 0.15) is 11.5 Å². The van der Waals surface area contributed by atoms with Crippen LogP contribution >= 0.6 is 0 Å². The van der Waals surface area contributed by atoms with Crippen LogP contribution in [0.25, 0.3) is 6.08 Å². The number of nitrogens with zero attached hydrogens (tertiary/aromatic N) is 1. The average molecular weight is 337 g/mol. The predicted molar refractivity (Wildman–Crippen MR) is 95.8 cm³/mol. The number of cyclic esters (lactones) is 1. The lowest BCUT2D eigenvalue weighted by atomic mass is 10.1. The summed E-state index contributed by atoms with van der Waals surface area (Å²) >= 11 is 0. The van der Waals surface area contributed by atoms with Gasteiger partial charge < -0.3 is 14.2 Å². The Morgan fingerprint density at radius 3 is 2.48 bits per heavy atom. The molecule has 2 aromatic carbocycles. The molecular formula is C20H19NO4. The normalized spacial score (nSPS) is 15.0. The van der Waals surface area contributed by atoms with Gasteiger partial charge in [-0.25, -0.2) is 9.79 Å². The molecule has 0 bridgehead atoms. The zero-order valence-electron chi connectivity index (χ0n) is 14.2. The molecule has 0 saturated carbocycles. The molecule has 3 rings (SSSR count). The summed E-state index contributed by atoms with van der Waals surface area (Å²) in [5.41, 5.74) is 2.27. The predicted octanol–water partition coefficient (Wildman–Crippen LogP) is 3.63. The van der Waals surface area contributed by atoms with Crippen LogP contribution in [0.5, 0.6) is 11.5 Å². The lowest BCUT2D eigenvalue weighted by Gasteiger charge is -2.03. The molecule has 0 atom stereocenters. The number of esters is 1. The van der Waals surface area contributed by atoms with Gasteiger partial charge in [0.15, 0.2) is 11.6 Å². The van der Waals surface area contributed by atoms with Crippen LogP contribution in [0, 0.1) is 0 Å². The summed E-state index contributed by atoms with van der Waals surface area (Å²) in [6.07, 6.45) is 3.00. The molecule has 0 aromatic heterocycles. The van der Waals surface area contributed by atoms with Gasteiger partial charge in [-0.15, -0.1) is 0 Å². The Bertz CT molecular complexity index is 822. The number of ether oxygens (including phenoxy) is 3. The first-order valence-corrected chi connectivity index (χ1v) is 7.96. The molecule has 0 fully saturated rings. The zero-order valence-corrected chi connectivity index (χ0v) is 14.2. The van der Waals surface area contributed by atoms with Crippen molar-refractivity contribution in [1.82, 2.24) is 0 Å². The van der Waals surface area contributed by atoms with Crippen molar-refractivity contribution in [2.24, 2.45) is 4.99 Å². The molecule has 0 radical (unpaired) electrons. The van der Waals surface area contributed by atoms with Crippen LogP contribution in [-0.4, -0.2) is 26.1 Å². The molecule has 5 nitrogen and oxygen atoms in total. The molecule has 0 N–H and O–H groups in total. The molecule has 0 aliphatic carbocycles. The topological polar surface area (TPSA) is 57.1 Å². The average Bonchev–Trinajstić information content (AvgIpc) is 3.00. The van der Waals surface area contributed by atoms with E-state index < -0.39 is 5.97 Å². The minimum Gasteiger partial charge on any atom is -0.497 e. The quantitative estimate of drug-likeness (QED) is 0.596. The monoisotopic (exact) mass is 337 g/mol. The SMILES string of the molecule is COc1ccc(CCC2=N/C(=C/c3cccc(OC)c3)C(=O)O2)cc1. The molecule has 128 valence electrons. The Hall–Kier alpha value is -3.08. The van der Waals surface area contributed by atoms with Gasteiger partial charge >= 0.3 is 5.97 Å². The highest BCUT2D eigenvalue weighted by molar-refractivity contribution is 6.07. The molecule has 1 aliphatic rings. The summed E-state index contributed by atoms with van der Waals surface area (Å²) in [6.45, 7) is 0. The molecule has 1 heterocycles. The Kier molecular flexibility index (Phi) is 5.14. The molecule has 0 spiro atoms. The van der Waals surface area contributed by atoms with Crippen LogP contribution in [0.1, 0.15) is 17.5 Å². The third-order valence-electron chi connectivity index (χ3n) is 3.85. The van der Waals surface area contributed by atoms with Crippen molar-refractivity contribution in [1.29, 1.82) is 0 Å².